The molecule has 96 valence electrons. The molecular weight excluding hydrogens is 212 g/mol. The lowest BCUT2D eigenvalue weighted by atomic mass is 9.85. The van der Waals surface area contributed by atoms with Gasteiger partial charge in [-0.2, -0.15) is 0 Å². The largest absolute Gasteiger partial charge is 0.448 e. The predicted octanol–water partition coefficient (Wildman–Crippen LogP) is 3.25. The van der Waals surface area contributed by atoms with Crippen LogP contribution in [0.15, 0.2) is 10.8 Å². The van der Waals surface area contributed by atoms with Crippen molar-refractivity contribution in [2.24, 2.45) is 5.92 Å². The van der Waals surface area contributed by atoms with Crippen LogP contribution in [-0.4, -0.2) is 11.5 Å². The second-order valence-electron chi connectivity index (χ2n) is 5.92. The van der Waals surface area contributed by atoms with Crippen molar-refractivity contribution in [2.45, 2.75) is 58.4 Å². The normalized spacial score (nSPS) is 19.1. The molecule has 1 aliphatic carbocycles. The first-order valence-corrected chi connectivity index (χ1v) is 6.75. The van der Waals surface area contributed by atoms with Gasteiger partial charge in [0.25, 0.3) is 0 Å². The van der Waals surface area contributed by atoms with Gasteiger partial charge in [0, 0.05) is 12.0 Å². The number of nitrogens with one attached hydrogen (secondary N) is 1. The quantitative estimate of drug-likeness (QED) is 0.852. The molecular formula is C14H24N2O. The van der Waals surface area contributed by atoms with E-state index in [0.717, 1.165) is 24.5 Å². The Kier molecular flexibility index (Phi) is 3.87. The van der Waals surface area contributed by atoms with Crippen LogP contribution in [0, 0.1) is 5.92 Å². The fraction of sp³-hybridized carbons (Fsp3) is 0.786. The third-order valence-electron chi connectivity index (χ3n) is 3.74. The summed E-state index contributed by atoms with van der Waals surface area (Å²) >= 11 is 0. The summed E-state index contributed by atoms with van der Waals surface area (Å²) in [7, 11) is 0. The van der Waals surface area contributed by atoms with E-state index in [1.165, 1.54) is 25.7 Å². The third kappa shape index (κ3) is 2.89. The lowest BCUT2D eigenvalue weighted by molar-refractivity contribution is 0.360. The Morgan fingerprint density at radius 2 is 2.12 bits per heavy atom. The van der Waals surface area contributed by atoms with Gasteiger partial charge in [-0.1, -0.05) is 33.6 Å². The summed E-state index contributed by atoms with van der Waals surface area (Å²) in [4.78, 5) is 4.37. The summed E-state index contributed by atoms with van der Waals surface area (Å²) in [6, 6.07) is 0. The summed E-state index contributed by atoms with van der Waals surface area (Å²) in [6.07, 6.45) is 6.70. The third-order valence-corrected chi connectivity index (χ3v) is 3.74. The zero-order chi connectivity index (χ0) is 12.3. The molecule has 1 aliphatic rings. The van der Waals surface area contributed by atoms with Gasteiger partial charge in [0.1, 0.15) is 5.76 Å². The Bertz CT molecular complexity index is 351. The van der Waals surface area contributed by atoms with Crippen LogP contribution in [0.3, 0.4) is 0 Å². The van der Waals surface area contributed by atoms with Crippen molar-refractivity contribution < 1.29 is 4.42 Å². The van der Waals surface area contributed by atoms with Gasteiger partial charge < -0.3 is 9.73 Å². The molecule has 3 nitrogen and oxygen atoms in total. The fourth-order valence-corrected chi connectivity index (χ4v) is 2.75. The Balaban J connectivity index is 2.01. The minimum atomic E-state index is 0.228. The van der Waals surface area contributed by atoms with Gasteiger partial charge >= 0.3 is 0 Å². The standard InChI is InChI=1S/C14H24N2O/c1-11(2)8-15-9-12-13(17-10-16-12)14(3)6-4-5-7-14/h10-11,15H,4-9H2,1-3H3. The SMILES string of the molecule is CC(C)CNCc1ncoc1C1(C)CCCC1. The molecule has 0 bridgehead atoms. The van der Waals surface area contributed by atoms with E-state index >= 15 is 0 Å². The first-order chi connectivity index (χ1) is 8.12. The molecule has 0 atom stereocenters. The Labute approximate surface area is 104 Å². The van der Waals surface area contributed by atoms with E-state index in [9.17, 15) is 0 Å². The Morgan fingerprint density at radius 3 is 2.76 bits per heavy atom. The molecule has 2 rings (SSSR count). The van der Waals surface area contributed by atoms with Crippen molar-refractivity contribution in [1.82, 2.24) is 10.3 Å². The van der Waals surface area contributed by atoms with Crippen molar-refractivity contribution in [1.29, 1.82) is 0 Å². The molecule has 1 fully saturated rings. The highest BCUT2D eigenvalue weighted by atomic mass is 16.3. The summed E-state index contributed by atoms with van der Waals surface area (Å²) in [5, 5.41) is 3.45. The van der Waals surface area contributed by atoms with Crippen molar-refractivity contribution in [3.63, 3.8) is 0 Å². The lowest BCUT2D eigenvalue weighted by Gasteiger charge is -2.21. The summed E-state index contributed by atoms with van der Waals surface area (Å²) < 4.78 is 5.66. The van der Waals surface area contributed by atoms with E-state index in [1.807, 2.05) is 0 Å². The molecule has 0 spiro atoms. The van der Waals surface area contributed by atoms with E-state index in [1.54, 1.807) is 6.39 Å². The summed E-state index contributed by atoms with van der Waals surface area (Å²) in [6.45, 7) is 8.61. The monoisotopic (exact) mass is 236 g/mol. The van der Waals surface area contributed by atoms with Gasteiger partial charge in [-0.25, -0.2) is 4.98 Å². The molecule has 1 heterocycles. The van der Waals surface area contributed by atoms with Crippen LogP contribution in [0.5, 0.6) is 0 Å². The van der Waals surface area contributed by atoms with E-state index in [-0.39, 0.29) is 5.41 Å². The summed E-state index contributed by atoms with van der Waals surface area (Å²) in [5.74, 6) is 1.79. The van der Waals surface area contributed by atoms with Crippen molar-refractivity contribution in [3.05, 3.63) is 17.8 Å². The average molecular weight is 236 g/mol. The topological polar surface area (TPSA) is 38.1 Å². The molecule has 1 N–H and O–H groups in total. The second-order valence-corrected chi connectivity index (χ2v) is 5.92. The lowest BCUT2D eigenvalue weighted by Crippen LogP contribution is -2.23. The molecule has 3 heteroatoms. The van der Waals surface area contributed by atoms with Crippen LogP contribution >= 0.6 is 0 Å². The van der Waals surface area contributed by atoms with Gasteiger partial charge in [-0.3, -0.25) is 0 Å². The van der Waals surface area contributed by atoms with E-state index in [4.69, 9.17) is 4.42 Å². The first kappa shape index (κ1) is 12.6. The van der Waals surface area contributed by atoms with Crippen LogP contribution in [-0.2, 0) is 12.0 Å². The van der Waals surface area contributed by atoms with Gasteiger partial charge in [0.05, 0.1) is 5.69 Å². The number of rotatable bonds is 5. The molecule has 0 aliphatic heterocycles. The number of nitrogens with zero attached hydrogens (tertiary/aromatic N) is 1. The minimum Gasteiger partial charge on any atom is -0.448 e. The molecule has 0 saturated heterocycles. The number of aromatic nitrogens is 1. The number of hydrogen-bond donors (Lipinski definition) is 1. The van der Waals surface area contributed by atoms with Gasteiger partial charge in [-0.15, -0.1) is 0 Å². The van der Waals surface area contributed by atoms with Crippen molar-refractivity contribution >= 4 is 0 Å². The molecule has 0 unspecified atom stereocenters. The number of oxazole rings is 1. The van der Waals surface area contributed by atoms with Crippen LogP contribution in [0.4, 0.5) is 0 Å². The average Bonchev–Trinajstić information content (AvgIpc) is 2.87. The Hall–Kier alpha value is -0.830. The van der Waals surface area contributed by atoms with Gasteiger partial charge in [-0.05, 0) is 25.3 Å². The smallest absolute Gasteiger partial charge is 0.181 e. The molecule has 17 heavy (non-hydrogen) atoms. The van der Waals surface area contributed by atoms with Crippen LogP contribution in [0.1, 0.15) is 57.9 Å². The van der Waals surface area contributed by atoms with Crippen molar-refractivity contribution in [2.75, 3.05) is 6.54 Å². The second kappa shape index (κ2) is 5.21. The molecule has 0 aromatic carbocycles. The van der Waals surface area contributed by atoms with Crippen molar-refractivity contribution in [3.8, 4) is 0 Å². The molecule has 1 aromatic rings. The molecule has 0 radical (unpaired) electrons. The maximum atomic E-state index is 5.66. The van der Waals surface area contributed by atoms with Crippen LogP contribution < -0.4 is 5.32 Å². The first-order valence-electron chi connectivity index (χ1n) is 6.75. The maximum absolute atomic E-state index is 5.66. The van der Waals surface area contributed by atoms with E-state index in [0.29, 0.717) is 5.92 Å². The highest BCUT2D eigenvalue weighted by Gasteiger charge is 2.35. The van der Waals surface area contributed by atoms with Gasteiger partial charge in [0.15, 0.2) is 6.39 Å². The minimum absolute atomic E-state index is 0.228. The van der Waals surface area contributed by atoms with Crippen LogP contribution in [0.2, 0.25) is 0 Å². The zero-order valence-electron chi connectivity index (χ0n) is 11.3. The predicted molar refractivity (Wildman–Crippen MR) is 68.9 cm³/mol. The molecule has 1 aromatic heterocycles. The summed E-state index contributed by atoms with van der Waals surface area (Å²) in [5.41, 5.74) is 1.33. The zero-order valence-corrected chi connectivity index (χ0v) is 11.3. The van der Waals surface area contributed by atoms with Crippen LogP contribution in [0.25, 0.3) is 0 Å². The van der Waals surface area contributed by atoms with Gasteiger partial charge in [0.2, 0.25) is 0 Å². The van der Waals surface area contributed by atoms with E-state index < -0.39 is 0 Å². The highest BCUT2D eigenvalue weighted by Crippen LogP contribution is 2.41. The maximum Gasteiger partial charge on any atom is 0.181 e. The molecule has 1 saturated carbocycles. The highest BCUT2D eigenvalue weighted by molar-refractivity contribution is 5.19. The Morgan fingerprint density at radius 1 is 1.41 bits per heavy atom. The number of hydrogen-bond acceptors (Lipinski definition) is 3. The van der Waals surface area contributed by atoms with E-state index in [2.05, 4.69) is 31.1 Å². The fourth-order valence-electron chi connectivity index (χ4n) is 2.75. The molecule has 0 amide bonds.